The van der Waals surface area contributed by atoms with Gasteiger partial charge in [-0.15, -0.1) is 0 Å². The smallest absolute Gasteiger partial charge is 0.0605 e. The summed E-state index contributed by atoms with van der Waals surface area (Å²) in [5, 5.41) is 6.49. The van der Waals surface area contributed by atoms with E-state index in [-0.39, 0.29) is 0 Å². The quantitative estimate of drug-likeness (QED) is 0.696. The molecule has 2 N–H and O–H groups in total. The van der Waals surface area contributed by atoms with Gasteiger partial charge in [0.2, 0.25) is 0 Å². The summed E-state index contributed by atoms with van der Waals surface area (Å²) in [5.41, 5.74) is 3.85. The van der Waals surface area contributed by atoms with Gasteiger partial charge < -0.3 is 10.6 Å². The Hall–Kier alpha value is -1.18. The monoisotopic (exact) mass is 206 g/mol. The van der Waals surface area contributed by atoms with Crippen LogP contribution in [0, 0.1) is 0 Å². The van der Waals surface area contributed by atoms with Gasteiger partial charge in [-0.2, -0.15) is 0 Å². The molecule has 0 saturated carbocycles. The van der Waals surface area contributed by atoms with Gasteiger partial charge in [0.1, 0.15) is 0 Å². The van der Waals surface area contributed by atoms with Crippen molar-refractivity contribution in [2.24, 2.45) is 0 Å². The molecule has 0 aliphatic heterocycles. The Balaban J connectivity index is 2.76. The lowest BCUT2D eigenvalue weighted by atomic mass is 10.0. The number of hydrogen-bond acceptors (Lipinski definition) is 2. The zero-order valence-electron chi connectivity index (χ0n) is 10.1. The molecule has 84 valence electrons. The Bertz CT molecular complexity index is 295. The van der Waals surface area contributed by atoms with Crippen molar-refractivity contribution < 1.29 is 0 Å². The van der Waals surface area contributed by atoms with Gasteiger partial charge >= 0.3 is 0 Å². The number of para-hydroxylation sites is 1. The molecule has 0 atom stereocenters. The minimum absolute atomic E-state index is 1.17. The second kappa shape index (κ2) is 6.33. The maximum Gasteiger partial charge on any atom is 0.0605 e. The molecule has 1 aromatic carbocycles. The normalized spacial score (nSPS) is 10.1. The van der Waals surface area contributed by atoms with E-state index < -0.39 is 0 Å². The van der Waals surface area contributed by atoms with Crippen LogP contribution in [0.4, 0.5) is 11.4 Å². The van der Waals surface area contributed by atoms with Gasteiger partial charge in [-0.3, -0.25) is 0 Å². The first-order valence-corrected chi connectivity index (χ1v) is 5.80. The van der Waals surface area contributed by atoms with E-state index in [1.54, 1.807) is 0 Å². The lowest BCUT2D eigenvalue weighted by Gasteiger charge is -2.13. The Morgan fingerprint density at radius 1 is 1.07 bits per heavy atom. The van der Waals surface area contributed by atoms with Gasteiger partial charge in [0.05, 0.1) is 11.4 Å². The van der Waals surface area contributed by atoms with Crippen molar-refractivity contribution in [2.75, 3.05) is 24.7 Å². The summed E-state index contributed by atoms with van der Waals surface area (Å²) in [4.78, 5) is 0. The van der Waals surface area contributed by atoms with Gasteiger partial charge in [0, 0.05) is 14.1 Å². The fourth-order valence-electron chi connectivity index (χ4n) is 1.88. The SMILES string of the molecule is CCCCCc1cccc(NC)c1NC. The fourth-order valence-corrected chi connectivity index (χ4v) is 1.88. The molecule has 0 unspecified atom stereocenters. The molecule has 0 fully saturated rings. The first-order valence-electron chi connectivity index (χ1n) is 5.80. The number of aryl methyl sites for hydroxylation is 1. The zero-order chi connectivity index (χ0) is 11.1. The van der Waals surface area contributed by atoms with Crippen LogP contribution in [-0.2, 0) is 6.42 Å². The fraction of sp³-hybridized carbons (Fsp3) is 0.538. The summed E-state index contributed by atoms with van der Waals surface area (Å²) in [7, 11) is 3.95. The Labute approximate surface area is 93.1 Å². The van der Waals surface area contributed by atoms with E-state index >= 15 is 0 Å². The minimum atomic E-state index is 1.17. The lowest BCUT2D eigenvalue weighted by Crippen LogP contribution is -2.01. The minimum Gasteiger partial charge on any atom is -0.386 e. The van der Waals surface area contributed by atoms with Crippen molar-refractivity contribution in [1.29, 1.82) is 0 Å². The maximum absolute atomic E-state index is 3.28. The van der Waals surface area contributed by atoms with Crippen LogP contribution in [0.15, 0.2) is 18.2 Å². The van der Waals surface area contributed by atoms with E-state index in [4.69, 9.17) is 0 Å². The number of unbranched alkanes of at least 4 members (excludes halogenated alkanes) is 2. The second-order valence-electron chi connectivity index (χ2n) is 3.80. The molecule has 1 aromatic rings. The molecule has 2 nitrogen and oxygen atoms in total. The summed E-state index contributed by atoms with van der Waals surface area (Å²) >= 11 is 0. The third kappa shape index (κ3) is 3.15. The third-order valence-electron chi connectivity index (χ3n) is 2.72. The predicted octanol–water partition coefficient (Wildman–Crippen LogP) is 3.50. The van der Waals surface area contributed by atoms with E-state index in [9.17, 15) is 0 Å². The van der Waals surface area contributed by atoms with E-state index in [2.05, 4.69) is 35.8 Å². The second-order valence-corrected chi connectivity index (χ2v) is 3.80. The molecule has 0 aliphatic rings. The predicted molar refractivity (Wildman–Crippen MR) is 68.8 cm³/mol. The van der Waals surface area contributed by atoms with Crippen LogP contribution in [-0.4, -0.2) is 14.1 Å². The Morgan fingerprint density at radius 2 is 1.87 bits per heavy atom. The standard InChI is InChI=1S/C13H22N2/c1-4-5-6-8-11-9-7-10-12(14-2)13(11)15-3/h7,9-10,14-15H,4-6,8H2,1-3H3. The van der Waals surface area contributed by atoms with Gasteiger partial charge in [-0.1, -0.05) is 31.9 Å². The summed E-state index contributed by atoms with van der Waals surface area (Å²) in [6.45, 7) is 2.24. The Kier molecular flexibility index (Phi) is 5.02. The highest BCUT2D eigenvalue weighted by molar-refractivity contribution is 5.72. The molecule has 0 aliphatic carbocycles. The first kappa shape index (κ1) is 11.9. The largest absolute Gasteiger partial charge is 0.386 e. The molecule has 0 saturated heterocycles. The number of benzene rings is 1. The van der Waals surface area contributed by atoms with Gasteiger partial charge in [-0.25, -0.2) is 0 Å². The summed E-state index contributed by atoms with van der Waals surface area (Å²) in [6, 6.07) is 6.44. The van der Waals surface area contributed by atoms with Gasteiger partial charge in [0.15, 0.2) is 0 Å². The van der Waals surface area contributed by atoms with E-state index in [0.29, 0.717) is 0 Å². The van der Waals surface area contributed by atoms with Crippen LogP contribution in [0.25, 0.3) is 0 Å². The van der Waals surface area contributed by atoms with Crippen molar-refractivity contribution in [2.45, 2.75) is 32.6 Å². The van der Waals surface area contributed by atoms with Crippen LogP contribution >= 0.6 is 0 Å². The molecule has 2 heteroatoms. The molecule has 0 aromatic heterocycles. The third-order valence-corrected chi connectivity index (χ3v) is 2.72. The van der Waals surface area contributed by atoms with Crippen molar-refractivity contribution in [3.63, 3.8) is 0 Å². The van der Waals surface area contributed by atoms with E-state index in [1.807, 2.05) is 14.1 Å². The molecular weight excluding hydrogens is 184 g/mol. The summed E-state index contributed by atoms with van der Waals surface area (Å²) < 4.78 is 0. The van der Waals surface area contributed by atoms with Gasteiger partial charge in [-0.05, 0) is 24.5 Å². The summed E-state index contributed by atoms with van der Waals surface area (Å²) in [6.07, 6.45) is 5.03. The average molecular weight is 206 g/mol. The highest BCUT2D eigenvalue weighted by atomic mass is 14.9. The molecule has 15 heavy (non-hydrogen) atoms. The van der Waals surface area contributed by atoms with Gasteiger partial charge in [0.25, 0.3) is 0 Å². The van der Waals surface area contributed by atoms with Crippen molar-refractivity contribution in [3.05, 3.63) is 23.8 Å². The van der Waals surface area contributed by atoms with Crippen LogP contribution in [0.2, 0.25) is 0 Å². The number of hydrogen-bond donors (Lipinski definition) is 2. The maximum atomic E-state index is 3.28. The lowest BCUT2D eigenvalue weighted by molar-refractivity contribution is 0.718. The van der Waals surface area contributed by atoms with E-state index in [1.165, 1.54) is 42.6 Å². The highest BCUT2D eigenvalue weighted by Crippen LogP contribution is 2.26. The van der Waals surface area contributed by atoms with Crippen LogP contribution in [0.5, 0.6) is 0 Å². The summed E-state index contributed by atoms with van der Waals surface area (Å²) in [5.74, 6) is 0. The zero-order valence-corrected chi connectivity index (χ0v) is 10.1. The number of nitrogens with one attached hydrogen (secondary N) is 2. The molecule has 0 bridgehead atoms. The highest BCUT2D eigenvalue weighted by Gasteiger charge is 2.04. The molecule has 0 spiro atoms. The van der Waals surface area contributed by atoms with Crippen molar-refractivity contribution >= 4 is 11.4 Å². The topological polar surface area (TPSA) is 24.1 Å². The molecule has 0 heterocycles. The van der Waals surface area contributed by atoms with Crippen LogP contribution in [0.1, 0.15) is 31.7 Å². The first-order chi connectivity index (χ1) is 7.33. The molecular formula is C13H22N2. The number of anilines is 2. The average Bonchev–Trinajstić information content (AvgIpc) is 2.29. The van der Waals surface area contributed by atoms with Crippen LogP contribution in [0.3, 0.4) is 0 Å². The van der Waals surface area contributed by atoms with E-state index in [0.717, 1.165) is 0 Å². The number of rotatable bonds is 6. The van der Waals surface area contributed by atoms with Crippen molar-refractivity contribution in [1.82, 2.24) is 0 Å². The van der Waals surface area contributed by atoms with Crippen molar-refractivity contribution in [3.8, 4) is 0 Å². The molecule has 1 rings (SSSR count). The Morgan fingerprint density at radius 3 is 2.47 bits per heavy atom. The van der Waals surface area contributed by atoms with Crippen LogP contribution < -0.4 is 10.6 Å². The molecule has 0 radical (unpaired) electrons. The molecule has 0 amide bonds.